The Morgan fingerprint density at radius 2 is 2.35 bits per heavy atom. The Morgan fingerprint density at radius 1 is 1.45 bits per heavy atom. The van der Waals surface area contributed by atoms with E-state index < -0.39 is 4.92 Å². The maximum absolute atomic E-state index is 10.7. The van der Waals surface area contributed by atoms with Gasteiger partial charge in [0.05, 0.1) is 11.0 Å². The third kappa shape index (κ3) is 2.72. The lowest BCUT2D eigenvalue weighted by Crippen LogP contribution is -2.27. The average Bonchev–Trinajstić information content (AvgIpc) is 2.88. The van der Waals surface area contributed by atoms with Gasteiger partial charge in [-0.15, -0.1) is 0 Å². The van der Waals surface area contributed by atoms with Crippen molar-refractivity contribution < 1.29 is 14.1 Å². The minimum atomic E-state index is -0.447. The van der Waals surface area contributed by atoms with E-state index >= 15 is 0 Å². The number of oxazole rings is 1. The van der Waals surface area contributed by atoms with Gasteiger partial charge < -0.3 is 14.5 Å². The Hall–Kier alpha value is -2.15. The monoisotopic (exact) mass is 277 g/mol. The van der Waals surface area contributed by atoms with E-state index in [2.05, 4.69) is 10.3 Å². The highest BCUT2D eigenvalue weighted by Crippen LogP contribution is 2.23. The van der Waals surface area contributed by atoms with Crippen LogP contribution in [-0.4, -0.2) is 29.2 Å². The number of hydrogen-bond acceptors (Lipinski definition) is 6. The zero-order valence-electron chi connectivity index (χ0n) is 10.9. The third-order valence-corrected chi connectivity index (χ3v) is 3.34. The third-order valence-electron chi connectivity index (χ3n) is 3.34. The maximum Gasteiger partial charge on any atom is 0.295 e. The van der Waals surface area contributed by atoms with Gasteiger partial charge in [0.2, 0.25) is 0 Å². The van der Waals surface area contributed by atoms with Crippen molar-refractivity contribution in [2.45, 2.75) is 25.4 Å². The van der Waals surface area contributed by atoms with Gasteiger partial charge in [-0.3, -0.25) is 10.1 Å². The van der Waals surface area contributed by atoms with Crippen molar-refractivity contribution in [1.82, 2.24) is 4.98 Å². The highest BCUT2D eigenvalue weighted by Gasteiger charge is 2.15. The maximum atomic E-state index is 10.7. The van der Waals surface area contributed by atoms with Crippen LogP contribution in [-0.2, 0) is 4.74 Å². The normalized spacial score (nSPS) is 19.1. The second-order valence-electron chi connectivity index (χ2n) is 4.80. The van der Waals surface area contributed by atoms with Crippen molar-refractivity contribution in [3.63, 3.8) is 0 Å². The van der Waals surface area contributed by atoms with Gasteiger partial charge in [-0.05, 0) is 25.3 Å². The molecule has 1 aliphatic rings. The zero-order chi connectivity index (χ0) is 13.9. The Kier molecular flexibility index (Phi) is 3.51. The largest absolute Gasteiger partial charge is 0.424 e. The average molecular weight is 277 g/mol. The molecule has 2 aromatic rings. The predicted octanol–water partition coefficient (Wildman–Crippen LogP) is 2.72. The second kappa shape index (κ2) is 5.46. The number of anilines is 1. The molecule has 1 atom stereocenters. The standard InChI is InChI=1S/C13H15N3O4/c17-16(18)9-4-5-12-11(7-9)15-13(20-12)14-8-10-3-1-2-6-19-10/h4-5,7,10H,1-3,6,8H2,(H,14,15). The van der Waals surface area contributed by atoms with Gasteiger partial charge in [0.15, 0.2) is 5.58 Å². The first-order valence-electron chi connectivity index (χ1n) is 6.63. The molecule has 1 unspecified atom stereocenters. The molecule has 0 aliphatic carbocycles. The van der Waals surface area contributed by atoms with Crippen molar-refractivity contribution in [1.29, 1.82) is 0 Å². The van der Waals surface area contributed by atoms with Crippen LogP contribution in [0.1, 0.15) is 19.3 Å². The molecule has 0 bridgehead atoms. The summed E-state index contributed by atoms with van der Waals surface area (Å²) >= 11 is 0. The van der Waals surface area contributed by atoms with E-state index in [4.69, 9.17) is 9.15 Å². The minimum Gasteiger partial charge on any atom is -0.424 e. The van der Waals surface area contributed by atoms with Crippen LogP contribution in [0.3, 0.4) is 0 Å². The number of non-ortho nitro benzene ring substituents is 1. The number of ether oxygens (including phenoxy) is 1. The highest BCUT2D eigenvalue weighted by atomic mass is 16.6. The molecule has 7 nitrogen and oxygen atoms in total. The molecule has 0 radical (unpaired) electrons. The van der Waals surface area contributed by atoms with Crippen LogP contribution in [0.5, 0.6) is 0 Å². The van der Waals surface area contributed by atoms with Crippen LogP contribution < -0.4 is 5.32 Å². The van der Waals surface area contributed by atoms with Gasteiger partial charge in [0.25, 0.3) is 11.7 Å². The summed E-state index contributed by atoms with van der Waals surface area (Å²) < 4.78 is 11.1. The van der Waals surface area contributed by atoms with Crippen LogP contribution in [0.2, 0.25) is 0 Å². The summed E-state index contributed by atoms with van der Waals surface area (Å²) in [5.74, 6) is 0. The Labute approximate surface area is 115 Å². The van der Waals surface area contributed by atoms with Crippen LogP contribution >= 0.6 is 0 Å². The number of fused-ring (bicyclic) bond motifs is 1. The van der Waals surface area contributed by atoms with E-state index in [0.29, 0.717) is 23.7 Å². The molecule has 2 heterocycles. The minimum absolute atomic E-state index is 0.00737. The fraction of sp³-hybridized carbons (Fsp3) is 0.462. The van der Waals surface area contributed by atoms with Crippen LogP contribution in [0.15, 0.2) is 22.6 Å². The molecule has 0 saturated carbocycles. The van der Waals surface area contributed by atoms with Gasteiger partial charge >= 0.3 is 0 Å². The van der Waals surface area contributed by atoms with Gasteiger partial charge in [0, 0.05) is 25.3 Å². The summed E-state index contributed by atoms with van der Waals surface area (Å²) in [6.45, 7) is 1.43. The number of rotatable bonds is 4. The lowest BCUT2D eigenvalue weighted by Gasteiger charge is -2.22. The van der Waals surface area contributed by atoms with Gasteiger partial charge in [0.1, 0.15) is 5.52 Å². The van der Waals surface area contributed by atoms with Gasteiger partial charge in [-0.25, -0.2) is 0 Å². The lowest BCUT2D eigenvalue weighted by molar-refractivity contribution is -0.384. The molecule has 7 heteroatoms. The molecule has 0 amide bonds. The highest BCUT2D eigenvalue weighted by molar-refractivity contribution is 5.77. The molecular weight excluding hydrogens is 262 g/mol. The van der Waals surface area contributed by atoms with Crippen LogP contribution in [0, 0.1) is 10.1 Å². The van der Waals surface area contributed by atoms with Crippen molar-refractivity contribution >= 4 is 22.8 Å². The molecule has 1 saturated heterocycles. The molecule has 1 aromatic heterocycles. The topological polar surface area (TPSA) is 90.4 Å². The number of benzene rings is 1. The summed E-state index contributed by atoms with van der Waals surface area (Å²) in [4.78, 5) is 14.5. The van der Waals surface area contributed by atoms with E-state index in [0.717, 1.165) is 19.4 Å². The van der Waals surface area contributed by atoms with E-state index in [1.54, 1.807) is 6.07 Å². The number of nitro benzene ring substituents is 1. The van der Waals surface area contributed by atoms with Gasteiger partial charge in [-0.2, -0.15) is 4.98 Å². The Bertz CT molecular complexity index is 619. The smallest absolute Gasteiger partial charge is 0.295 e. The number of aromatic nitrogens is 1. The van der Waals surface area contributed by atoms with E-state index in [9.17, 15) is 10.1 Å². The molecule has 20 heavy (non-hydrogen) atoms. The Morgan fingerprint density at radius 3 is 3.10 bits per heavy atom. The summed E-state index contributed by atoms with van der Waals surface area (Å²) in [6, 6.07) is 4.74. The van der Waals surface area contributed by atoms with Crippen LogP contribution in [0.25, 0.3) is 11.1 Å². The first kappa shape index (κ1) is 12.9. The summed E-state index contributed by atoms with van der Waals surface area (Å²) in [6.07, 6.45) is 3.49. The molecular formula is C13H15N3O4. The SMILES string of the molecule is O=[N+]([O-])c1ccc2oc(NCC3CCCCO3)nc2c1. The number of nitrogens with zero attached hydrogens (tertiary/aromatic N) is 2. The molecule has 1 fully saturated rings. The van der Waals surface area contributed by atoms with E-state index in [1.165, 1.54) is 18.6 Å². The number of hydrogen-bond donors (Lipinski definition) is 1. The van der Waals surface area contributed by atoms with Crippen molar-refractivity contribution in [2.75, 3.05) is 18.5 Å². The van der Waals surface area contributed by atoms with E-state index in [-0.39, 0.29) is 11.8 Å². The quantitative estimate of drug-likeness (QED) is 0.682. The zero-order valence-corrected chi connectivity index (χ0v) is 10.9. The fourth-order valence-electron chi connectivity index (χ4n) is 2.27. The molecule has 0 spiro atoms. The molecule has 3 rings (SSSR count). The fourth-order valence-corrected chi connectivity index (χ4v) is 2.27. The molecule has 106 valence electrons. The summed E-state index contributed by atoms with van der Waals surface area (Å²) in [7, 11) is 0. The first-order chi connectivity index (χ1) is 9.72. The summed E-state index contributed by atoms with van der Waals surface area (Å²) in [5, 5.41) is 13.8. The lowest BCUT2D eigenvalue weighted by atomic mass is 10.1. The second-order valence-corrected chi connectivity index (χ2v) is 4.80. The van der Waals surface area contributed by atoms with Crippen molar-refractivity contribution in [2.24, 2.45) is 0 Å². The predicted molar refractivity (Wildman–Crippen MR) is 72.7 cm³/mol. The van der Waals surface area contributed by atoms with Crippen molar-refractivity contribution in [3.8, 4) is 0 Å². The van der Waals surface area contributed by atoms with Crippen LogP contribution in [0.4, 0.5) is 11.7 Å². The molecule has 1 N–H and O–H groups in total. The first-order valence-corrected chi connectivity index (χ1v) is 6.63. The Balaban J connectivity index is 1.70. The van der Waals surface area contributed by atoms with E-state index in [1.807, 2.05) is 0 Å². The van der Waals surface area contributed by atoms with Gasteiger partial charge in [-0.1, -0.05) is 0 Å². The summed E-state index contributed by atoms with van der Waals surface area (Å²) in [5.41, 5.74) is 1.02. The number of nitrogens with one attached hydrogen (secondary N) is 1. The molecule has 1 aromatic carbocycles. The number of nitro groups is 1. The molecule has 1 aliphatic heterocycles. The van der Waals surface area contributed by atoms with Crippen molar-refractivity contribution in [3.05, 3.63) is 28.3 Å².